The van der Waals surface area contributed by atoms with Crippen molar-refractivity contribution in [3.63, 3.8) is 0 Å². The van der Waals surface area contributed by atoms with Gasteiger partial charge in [0.1, 0.15) is 0 Å². The Morgan fingerprint density at radius 1 is 1.13 bits per heavy atom. The van der Waals surface area contributed by atoms with Crippen molar-refractivity contribution in [2.75, 3.05) is 12.4 Å². The van der Waals surface area contributed by atoms with E-state index in [1.807, 2.05) is 45.9 Å². The second-order valence-electron chi connectivity index (χ2n) is 7.99. The van der Waals surface area contributed by atoms with Gasteiger partial charge in [0, 0.05) is 35.7 Å². The van der Waals surface area contributed by atoms with E-state index in [0.717, 1.165) is 59.6 Å². The molecule has 1 fully saturated rings. The van der Waals surface area contributed by atoms with Crippen LogP contribution in [-0.4, -0.2) is 39.0 Å². The topological polar surface area (TPSA) is 70.2 Å². The van der Waals surface area contributed by atoms with Gasteiger partial charge < -0.3 is 13.7 Å². The zero-order valence-electron chi connectivity index (χ0n) is 17.9. The van der Waals surface area contributed by atoms with Gasteiger partial charge in [-0.25, -0.2) is 0 Å². The maximum absolute atomic E-state index is 12.9. The number of carbonyl (C=O) groups is 1. The number of benzene rings is 1. The highest BCUT2D eigenvalue weighted by molar-refractivity contribution is 7.99. The molecule has 1 aliphatic rings. The number of hydrogen-bond acceptors (Lipinski definition) is 6. The highest BCUT2D eigenvalue weighted by Gasteiger charge is 2.21. The monoisotopic (exact) mass is 425 g/mol. The predicted octanol–water partition coefficient (Wildman–Crippen LogP) is 4.93. The molecular weight excluding hydrogens is 398 g/mol. The van der Waals surface area contributed by atoms with E-state index in [1.165, 1.54) is 11.8 Å². The van der Waals surface area contributed by atoms with Gasteiger partial charge in [-0.3, -0.25) is 4.79 Å². The second kappa shape index (κ2) is 8.78. The van der Waals surface area contributed by atoms with Crippen molar-refractivity contribution in [1.82, 2.24) is 14.8 Å². The normalized spacial score (nSPS) is 16.3. The molecule has 6 nitrogen and oxygen atoms in total. The van der Waals surface area contributed by atoms with Crippen LogP contribution >= 0.6 is 11.8 Å². The molecule has 0 aliphatic carbocycles. The van der Waals surface area contributed by atoms with Crippen molar-refractivity contribution in [3.05, 3.63) is 52.3 Å². The lowest BCUT2D eigenvalue weighted by Gasteiger charge is -2.14. The minimum Gasteiger partial charge on any atom is -0.411 e. The summed E-state index contributed by atoms with van der Waals surface area (Å²) in [6.07, 6.45) is 2.44. The Balaban J connectivity index is 1.42. The summed E-state index contributed by atoms with van der Waals surface area (Å²) in [5.41, 5.74) is 6.03. The summed E-state index contributed by atoms with van der Waals surface area (Å²) in [4.78, 5) is 12.9. The first kappa shape index (κ1) is 20.9. The summed E-state index contributed by atoms with van der Waals surface area (Å²) in [6, 6.07) is 8.11. The third-order valence-corrected chi connectivity index (χ3v) is 6.30. The molecule has 0 unspecified atom stereocenters. The fraction of sp³-hybridized carbons (Fsp3) is 0.435. The summed E-state index contributed by atoms with van der Waals surface area (Å²) in [6.45, 7) is 9.76. The molecule has 0 N–H and O–H groups in total. The lowest BCUT2D eigenvalue weighted by atomic mass is 10.1. The number of nitrogens with zero attached hydrogens (tertiary/aromatic N) is 3. The number of thioether (sulfide) groups is 1. The van der Waals surface area contributed by atoms with Crippen molar-refractivity contribution in [2.45, 2.75) is 58.4 Å². The lowest BCUT2D eigenvalue weighted by molar-refractivity contribution is 0.0957. The average Bonchev–Trinajstić information content (AvgIpc) is 3.43. The summed E-state index contributed by atoms with van der Waals surface area (Å²) in [5.74, 6) is 0.808. The standard InChI is InChI=1S/C23H27N3O3S/c1-14-8-15(2)10-18(9-14)22-24-25-23(29-22)30-13-21(27)20-11-16(3)26(17(20)4)12-19-6-5-7-28-19/h8-11,19H,5-7,12-13H2,1-4H3/t19-/m1/s1. The van der Waals surface area contributed by atoms with E-state index in [2.05, 4.69) is 20.8 Å². The van der Waals surface area contributed by atoms with Crippen LogP contribution in [-0.2, 0) is 11.3 Å². The first-order chi connectivity index (χ1) is 14.4. The second-order valence-corrected chi connectivity index (χ2v) is 8.92. The highest BCUT2D eigenvalue weighted by atomic mass is 32.2. The maximum atomic E-state index is 12.9. The van der Waals surface area contributed by atoms with Crippen LogP contribution in [0, 0.1) is 27.7 Å². The lowest BCUT2D eigenvalue weighted by Crippen LogP contribution is -2.17. The van der Waals surface area contributed by atoms with Gasteiger partial charge >= 0.3 is 0 Å². The average molecular weight is 426 g/mol. The van der Waals surface area contributed by atoms with Crippen LogP contribution in [0.3, 0.4) is 0 Å². The van der Waals surface area contributed by atoms with Crippen molar-refractivity contribution < 1.29 is 13.9 Å². The fourth-order valence-electron chi connectivity index (χ4n) is 4.04. The molecule has 1 atom stereocenters. The number of ether oxygens (including phenoxy) is 1. The van der Waals surface area contributed by atoms with E-state index in [9.17, 15) is 4.79 Å². The van der Waals surface area contributed by atoms with Gasteiger partial charge in [0.25, 0.3) is 5.22 Å². The molecule has 3 aromatic rings. The number of carbonyl (C=O) groups excluding carboxylic acids is 1. The van der Waals surface area contributed by atoms with Gasteiger partial charge in [-0.15, -0.1) is 10.2 Å². The molecule has 0 amide bonds. The van der Waals surface area contributed by atoms with E-state index < -0.39 is 0 Å². The Hall–Kier alpha value is -2.38. The zero-order valence-corrected chi connectivity index (χ0v) is 18.7. The number of Topliss-reactive ketones (excluding diaryl/α,β-unsaturated/α-hetero) is 1. The van der Waals surface area contributed by atoms with E-state index in [0.29, 0.717) is 11.1 Å². The molecule has 1 saturated heterocycles. The van der Waals surface area contributed by atoms with E-state index in [4.69, 9.17) is 9.15 Å². The number of hydrogen-bond donors (Lipinski definition) is 0. The smallest absolute Gasteiger partial charge is 0.277 e. The minimum absolute atomic E-state index is 0.0674. The Morgan fingerprint density at radius 2 is 1.90 bits per heavy atom. The summed E-state index contributed by atoms with van der Waals surface area (Å²) in [7, 11) is 0. The van der Waals surface area contributed by atoms with Crippen LogP contribution in [0.4, 0.5) is 0 Å². The van der Waals surface area contributed by atoms with Crippen LogP contribution in [0.1, 0.15) is 45.7 Å². The summed E-state index contributed by atoms with van der Waals surface area (Å²) >= 11 is 1.28. The molecule has 0 saturated carbocycles. The van der Waals surface area contributed by atoms with Gasteiger partial charge in [0.05, 0.1) is 11.9 Å². The third kappa shape index (κ3) is 4.52. The minimum atomic E-state index is 0.0674. The van der Waals surface area contributed by atoms with E-state index in [-0.39, 0.29) is 17.6 Å². The van der Waals surface area contributed by atoms with Gasteiger partial charge in [0.2, 0.25) is 5.89 Å². The van der Waals surface area contributed by atoms with Gasteiger partial charge in [-0.2, -0.15) is 0 Å². The Labute approximate surface area is 181 Å². The quantitative estimate of drug-likeness (QED) is 0.395. The Kier molecular flexibility index (Phi) is 6.11. The van der Waals surface area contributed by atoms with Crippen molar-refractivity contribution in [1.29, 1.82) is 0 Å². The van der Waals surface area contributed by atoms with Crippen LogP contribution in [0.2, 0.25) is 0 Å². The van der Waals surface area contributed by atoms with Gasteiger partial charge in [-0.05, 0) is 58.7 Å². The van der Waals surface area contributed by atoms with E-state index in [1.54, 1.807) is 0 Å². The number of aromatic nitrogens is 3. The SMILES string of the molecule is Cc1cc(C)cc(-c2nnc(SCC(=O)c3cc(C)n(C[C@H]4CCCO4)c3C)o2)c1. The summed E-state index contributed by atoms with van der Waals surface area (Å²) < 4.78 is 13.7. The summed E-state index contributed by atoms with van der Waals surface area (Å²) in [5, 5.41) is 8.66. The zero-order chi connectivity index (χ0) is 21.3. The molecule has 7 heteroatoms. The molecular formula is C23H27N3O3S. The molecule has 0 spiro atoms. The van der Waals surface area contributed by atoms with Crippen molar-refractivity contribution in [2.24, 2.45) is 0 Å². The van der Waals surface area contributed by atoms with Gasteiger partial charge in [-0.1, -0.05) is 29.0 Å². The van der Waals surface area contributed by atoms with Crippen LogP contribution in [0.25, 0.3) is 11.5 Å². The third-order valence-electron chi connectivity index (χ3n) is 5.49. The largest absolute Gasteiger partial charge is 0.411 e. The van der Waals surface area contributed by atoms with Crippen molar-refractivity contribution in [3.8, 4) is 11.5 Å². The molecule has 1 aromatic carbocycles. The highest BCUT2D eigenvalue weighted by Crippen LogP contribution is 2.26. The maximum Gasteiger partial charge on any atom is 0.277 e. The van der Waals surface area contributed by atoms with E-state index >= 15 is 0 Å². The molecule has 158 valence electrons. The number of ketones is 1. The Bertz CT molecular complexity index is 1040. The fourth-order valence-corrected chi connectivity index (χ4v) is 4.69. The number of aryl methyl sites for hydroxylation is 3. The first-order valence-corrected chi connectivity index (χ1v) is 11.3. The molecule has 30 heavy (non-hydrogen) atoms. The number of rotatable bonds is 7. The molecule has 2 aromatic heterocycles. The van der Waals surface area contributed by atoms with Crippen LogP contribution in [0.15, 0.2) is 33.9 Å². The molecule has 0 bridgehead atoms. The van der Waals surface area contributed by atoms with Gasteiger partial charge in [0.15, 0.2) is 5.78 Å². The first-order valence-electron chi connectivity index (χ1n) is 10.3. The van der Waals surface area contributed by atoms with Crippen molar-refractivity contribution >= 4 is 17.5 Å². The van der Waals surface area contributed by atoms with Crippen LogP contribution < -0.4 is 0 Å². The molecule has 3 heterocycles. The molecule has 4 rings (SSSR count). The Morgan fingerprint density at radius 3 is 2.60 bits per heavy atom. The molecule has 0 radical (unpaired) electrons. The predicted molar refractivity (Wildman–Crippen MR) is 117 cm³/mol. The van der Waals surface area contributed by atoms with Crippen LogP contribution in [0.5, 0.6) is 0 Å². The molecule has 1 aliphatic heterocycles.